The standard InChI is InChI=1S/C27H19N7O/c28-16-17-4-6-23-22(14-17)24(10-13-31-23)33-25-7-5-21(26(34-25)27(29)35)18-2-1-3-20(15-18)32-19-8-11-30-12-9-19/h1-15H,(H2,29,35)(H,30,32)(H,31,33,34). The number of nitrogens with one attached hydrogen (secondary N) is 2. The van der Waals surface area contributed by atoms with Crippen molar-refractivity contribution in [3.05, 3.63) is 103 Å². The van der Waals surface area contributed by atoms with Crippen molar-refractivity contribution in [2.24, 2.45) is 5.73 Å². The summed E-state index contributed by atoms with van der Waals surface area (Å²) >= 11 is 0. The van der Waals surface area contributed by atoms with Gasteiger partial charge in [0, 0.05) is 40.9 Å². The number of rotatable bonds is 6. The van der Waals surface area contributed by atoms with Gasteiger partial charge in [-0.25, -0.2) is 4.98 Å². The number of primary amides is 1. The van der Waals surface area contributed by atoms with Crippen molar-refractivity contribution >= 4 is 39.7 Å². The lowest BCUT2D eigenvalue weighted by molar-refractivity contribution is 0.0996. The molecule has 0 radical (unpaired) electrons. The first kappa shape index (κ1) is 21.6. The van der Waals surface area contributed by atoms with Gasteiger partial charge in [-0.1, -0.05) is 12.1 Å². The van der Waals surface area contributed by atoms with Gasteiger partial charge >= 0.3 is 0 Å². The predicted octanol–water partition coefficient (Wildman–Crippen LogP) is 5.15. The van der Waals surface area contributed by atoms with Gasteiger partial charge in [-0.05, 0) is 66.2 Å². The number of hydrogen-bond acceptors (Lipinski definition) is 7. The van der Waals surface area contributed by atoms with E-state index in [2.05, 4.69) is 31.7 Å². The molecule has 0 atom stereocenters. The van der Waals surface area contributed by atoms with Gasteiger partial charge < -0.3 is 16.4 Å². The van der Waals surface area contributed by atoms with Crippen LogP contribution in [0.2, 0.25) is 0 Å². The molecular formula is C27H19N7O. The summed E-state index contributed by atoms with van der Waals surface area (Å²) in [6.07, 6.45) is 5.09. The summed E-state index contributed by atoms with van der Waals surface area (Å²) in [5, 5.41) is 16.6. The van der Waals surface area contributed by atoms with Crippen LogP contribution in [0.5, 0.6) is 0 Å². The van der Waals surface area contributed by atoms with E-state index in [1.807, 2.05) is 42.5 Å². The van der Waals surface area contributed by atoms with Crippen molar-refractivity contribution in [3.8, 4) is 17.2 Å². The van der Waals surface area contributed by atoms with Crippen LogP contribution in [0.15, 0.2) is 91.4 Å². The number of carbonyl (C=O) groups is 1. The summed E-state index contributed by atoms with van der Waals surface area (Å²) in [7, 11) is 0. The van der Waals surface area contributed by atoms with Crippen LogP contribution in [0.1, 0.15) is 16.1 Å². The molecule has 0 bridgehead atoms. The number of aromatic nitrogens is 3. The minimum atomic E-state index is -0.637. The molecule has 5 rings (SSSR count). The van der Waals surface area contributed by atoms with E-state index < -0.39 is 5.91 Å². The quantitative estimate of drug-likeness (QED) is 0.321. The molecule has 0 unspecified atom stereocenters. The number of amides is 1. The molecule has 5 aromatic rings. The van der Waals surface area contributed by atoms with Gasteiger partial charge in [0.1, 0.15) is 11.5 Å². The van der Waals surface area contributed by atoms with E-state index in [1.54, 1.807) is 48.9 Å². The highest BCUT2D eigenvalue weighted by Gasteiger charge is 2.14. The number of anilines is 4. The van der Waals surface area contributed by atoms with Gasteiger partial charge in [0.15, 0.2) is 0 Å². The molecular weight excluding hydrogens is 438 g/mol. The molecule has 168 valence electrons. The van der Waals surface area contributed by atoms with Crippen LogP contribution >= 0.6 is 0 Å². The van der Waals surface area contributed by atoms with E-state index in [0.29, 0.717) is 22.6 Å². The van der Waals surface area contributed by atoms with Crippen LogP contribution in [0, 0.1) is 11.3 Å². The number of nitriles is 1. The number of benzene rings is 2. The summed E-state index contributed by atoms with van der Waals surface area (Å²) in [6, 6.07) is 24.2. The normalized spacial score (nSPS) is 10.5. The third-order valence-electron chi connectivity index (χ3n) is 5.40. The number of pyridine rings is 3. The van der Waals surface area contributed by atoms with Crippen molar-refractivity contribution in [1.29, 1.82) is 5.26 Å². The molecule has 0 aliphatic rings. The zero-order valence-corrected chi connectivity index (χ0v) is 18.4. The summed E-state index contributed by atoms with van der Waals surface area (Å²) < 4.78 is 0. The first-order valence-corrected chi connectivity index (χ1v) is 10.7. The molecule has 0 aliphatic heterocycles. The first-order valence-electron chi connectivity index (χ1n) is 10.7. The van der Waals surface area contributed by atoms with Crippen molar-refractivity contribution in [3.63, 3.8) is 0 Å². The van der Waals surface area contributed by atoms with Crippen LogP contribution in [-0.2, 0) is 0 Å². The number of nitrogens with zero attached hydrogens (tertiary/aromatic N) is 4. The average Bonchev–Trinajstić information content (AvgIpc) is 2.89. The lowest BCUT2D eigenvalue weighted by atomic mass is 10.0. The molecule has 8 heteroatoms. The molecule has 0 aliphatic carbocycles. The third-order valence-corrected chi connectivity index (χ3v) is 5.40. The Balaban J connectivity index is 1.49. The minimum absolute atomic E-state index is 0.145. The Hall–Kier alpha value is -5.29. The zero-order valence-electron chi connectivity index (χ0n) is 18.4. The van der Waals surface area contributed by atoms with Crippen molar-refractivity contribution in [1.82, 2.24) is 15.0 Å². The van der Waals surface area contributed by atoms with Crippen LogP contribution in [0.3, 0.4) is 0 Å². The Morgan fingerprint density at radius 2 is 1.74 bits per heavy atom. The topological polar surface area (TPSA) is 130 Å². The maximum Gasteiger partial charge on any atom is 0.268 e. The lowest BCUT2D eigenvalue weighted by Gasteiger charge is -2.13. The van der Waals surface area contributed by atoms with Gasteiger partial charge in [-0.2, -0.15) is 5.26 Å². The fourth-order valence-electron chi connectivity index (χ4n) is 3.78. The highest BCUT2D eigenvalue weighted by molar-refractivity contribution is 5.99. The van der Waals surface area contributed by atoms with E-state index >= 15 is 0 Å². The van der Waals surface area contributed by atoms with Crippen molar-refractivity contribution in [2.45, 2.75) is 0 Å². The SMILES string of the molecule is N#Cc1ccc2nccc(Nc3ccc(-c4cccc(Nc5ccncc5)c4)c(C(N)=O)n3)c2c1. The molecule has 2 aromatic carbocycles. The summed E-state index contributed by atoms with van der Waals surface area (Å²) in [5.41, 5.74) is 11.0. The maximum absolute atomic E-state index is 12.3. The van der Waals surface area contributed by atoms with Gasteiger partial charge in [0.05, 0.1) is 22.8 Å². The van der Waals surface area contributed by atoms with Crippen LogP contribution < -0.4 is 16.4 Å². The Morgan fingerprint density at radius 1 is 0.886 bits per heavy atom. The number of hydrogen-bond donors (Lipinski definition) is 3. The van der Waals surface area contributed by atoms with Crippen molar-refractivity contribution < 1.29 is 4.79 Å². The Morgan fingerprint density at radius 3 is 2.54 bits per heavy atom. The van der Waals surface area contributed by atoms with Gasteiger partial charge in [0.25, 0.3) is 5.91 Å². The average molecular weight is 457 g/mol. The Kier molecular flexibility index (Phi) is 5.72. The van der Waals surface area contributed by atoms with E-state index in [0.717, 1.165) is 27.8 Å². The molecule has 0 fully saturated rings. The maximum atomic E-state index is 12.3. The minimum Gasteiger partial charge on any atom is -0.364 e. The van der Waals surface area contributed by atoms with Gasteiger partial charge in [-0.3, -0.25) is 14.8 Å². The van der Waals surface area contributed by atoms with Crippen molar-refractivity contribution in [2.75, 3.05) is 10.6 Å². The van der Waals surface area contributed by atoms with E-state index in [-0.39, 0.29) is 5.69 Å². The highest BCUT2D eigenvalue weighted by Crippen LogP contribution is 2.30. The molecule has 0 saturated carbocycles. The van der Waals surface area contributed by atoms with Crippen LogP contribution in [0.25, 0.3) is 22.0 Å². The molecule has 1 amide bonds. The smallest absolute Gasteiger partial charge is 0.268 e. The first-order chi connectivity index (χ1) is 17.1. The number of fused-ring (bicyclic) bond motifs is 1. The summed E-state index contributed by atoms with van der Waals surface area (Å²) in [4.78, 5) is 25.2. The molecule has 0 saturated heterocycles. The largest absolute Gasteiger partial charge is 0.364 e. The molecule has 8 nitrogen and oxygen atoms in total. The lowest BCUT2D eigenvalue weighted by Crippen LogP contribution is -2.15. The second-order valence-corrected chi connectivity index (χ2v) is 7.73. The number of carbonyl (C=O) groups excluding carboxylic acids is 1. The molecule has 4 N–H and O–H groups in total. The Bertz CT molecular complexity index is 1590. The van der Waals surface area contributed by atoms with Gasteiger partial charge in [-0.15, -0.1) is 0 Å². The second kappa shape index (κ2) is 9.29. The second-order valence-electron chi connectivity index (χ2n) is 7.73. The zero-order chi connectivity index (χ0) is 24.2. The molecule has 3 heterocycles. The Labute approximate surface area is 201 Å². The number of nitrogens with two attached hydrogens (primary N) is 1. The fraction of sp³-hybridized carbons (Fsp3) is 0. The van der Waals surface area contributed by atoms with E-state index in [4.69, 9.17) is 5.73 Å². The van der Waals surface area contributed by atoms with Crippen LogP contribution in [0.4, 0.5) is 22.9 Å². The fourth-order valence-corrected chi connectivity index (χ4v) is 3.78. The summed E-state index contributed by atoms with van der Waals surface area (Å²) in [5.74, 6) is -0.189. The van der Waals surface area contributed by atoms with E-state index in [9.17, 15) is 10.1 Å². The molecule has 3 aromatic heterocycles. The third kappa shape index (κ3) is 4.60. The van der Waals surface area contributed by atoms with Gasteiger partial charge in [0.2, 0.25) is 0 Å². The molecule has 0 spiro atoms. The monoisotopic (exact) mass is 457 g/mol. The highest BCUT2D eigenvalue weighted by atomic mass is 16.1. The summed E-state index contributed by atoms with van der Waals surface area (Å²) in [6.45, 7) is 0. The van der Waals surface area contributed by atoms with Crippen LogP contribution in [-0.4, -0.2) is 20.9 Å². The molecule has 35 heavy (non-hydrogen) atoms. The van der Waals surface area contributed by atoms with E-state index in [1.165, 1.54) is 0 Å². The predicted molar refractivity (Wildman–Crippen MR) is 135 cm³/mol.